The number of halogens is 1. The molecule has 0 saturated carbocycles. The molecule has 0 radical (unpaired) electrons. The summed E-state index contributed by atoms with van der Waals surface area (Å²) in [5.41, 5.74) is 0.302. The minimum Gasteiger partial charge on any atom is -0.356 e. The van der Waals surface area contributed by atoms with Gasteiger partial charge in [0.15, 0.2) is 5.96 Å². The van der Waals surface area contributed by atoms with Crippen LogP contribution in [0.5, 0.6) is 0 Å². The lowest BCUT2D eigenvalue weighted by molar-refractivity contribution is -0.133. The van der Waals surface area contributed by atoms with Crippen LogP contribution in [0, 0.1) is 11.7 Å². The summed E-state index contributed by atoms with van der Waals surface area (Å²) in [7, 11) is 1.72. The van der Waals surface area contributed by atoms with E-state index in [9.17, 15) is 9.18 Å². The average Bonchev–Trinajstić information content (AvgIpc) is 3.06. The van der Waals surface area contributed by atoms with Gasteiger partial charge < -0.3 is 15.5 Å². The zero-order valence-corrected chi connectivity index (χ0v) is 16.5. The molecule has 1 aromatic rings. The number of nitrogens with one attached hydrogen (secondary N) is 2. The Morgan fingerprint density at radius 2 is 2.08 bits per heavy atom. The van der Waals surface area contributed by atoms with Crippen LogP contribution in [-0.2, 0) is 10.2 Å². The predicted octanol–water partition coefficient (Wildman–Crippen LogP) is 2.53. The minimum atomic E-state index is -0.377. The first-order valence-electron chi connectivity index (χ1n) is 9.25. The molecule has 1 heterocycles. The first-order valence-corrected chi connectivity index (χ1v) is 9.25. The van der Waals surface area contributed by atoms with E-state index in [1.165, 1.54) is 6.07 Å². The Bertz CT molecular complexity index is 657. The van der Waals surface area contributed by atoms with Gasteiger partial charge in [-0.15, -0.1) is 0 Å². The minimum absolute atomic E-state index is 0.0211. The van der Waals surface area contributed by atoms with Crippen LogP contribution in [0.3, 0.4) is 0 Å². The Labute approximate surface area is 156 Å². The fraction of sp³-hybridized carbons (Fsp3) is 0.600. The zero-order chi connectivity index (χ0) is 19.3. The normalized spacial score (nSPS) is 18.3. The molecule has 1 amide bonds. The van der Waals surface area contributed by atoms with E-state index in [4.69, 9.17) is 0 Å². The van der Waals surface area contributed by atoms with E-state index < -0.39 is 0 Å². The molecule has 6 heteroatoms. The predicted molar refractivity (Wildman–Crippen MR) is 104 cm³/mol. The van der Waals surface area contributed by atoms with Crippen molar-refractivity contribution in [3.8, 4) is 0 Å². The molecular formula is C20H31FN4O. The highest BCUT2D eigenvalue weighted by Gasteiger charge is 2.29. The maximum absolute atomic E-state index is 14.1. The van der Waals surface area contributed by atoms with Gasteiger partial charge in [-0.2, -0.15) is 0 Å². The first kappa shape index (κ1) is 20.2. The Morgan fingerprint density at radius 1 is 1.38 bits per heavy atom. The van der Waals surface area contributed by atoms with Gasteiger partial charge in [0.05, 0.1) is 0 Å². The Hall–Kier alpha value is -2.11. The lowest BCUT2D eigenvalue weighted by Gasteiger charge is -2.28. The maximum atomic E-state index is 14.1. The number of carbonyl (C=O) groups excluding carboxylic acids is 1. The van der Waals surface area contributed by atoms with E-state index in [2.05, 4.69) is 15.6 Å². The van der Waals surface area contributed by atoms with Crippen molar-refractivity contribution in [3.63, 3.8) is 0 Å². The molecule has 2 rings (SSSR count). The third-order valence-corrected chi connectivity index (χ3v) is 4.86. The first-order chi connectivity index (χ1) is 12.2. The molecule has 26 heavy (non-hydrogen) atoms. The van der Waals surface area contributed by atoms with Crippen LogP contribution in [-0.4, -0.2) is 49.5 Å². The Kier molecular flexibility index (Phi) is 6.62. The highest BCUT2D eigenvalue weighted by Crippen LogP contribution is 2.24. The van der Waals surface area contributed by atoms with Gasteiger partial charge in [0, 0.05) is 44.1 Å². The highest BCUT2D eigenvalue weighted by molar-refractivity contribution is 5.81. The fourth-order valence-electron chi connectivity index (χ4n) is 3.24. The number of hydrogen-bond donors (Lipinski definition) is 2. The monoisotopic (exact) mass is 362 g/mol. The molecule has 1 aliphatic heterocycles. The van der Waals surface area contributed by atoms with Gasteiger partial charge in [-0.1, -0.05) is 45.9 Å². The summed E-state index contributed by atoms with van der Waals surface area (Å²) >= 11 is 0. The largest absolute Gasteiger partial charge is 0.356 e. The van der Waals surface area contributed by atoms with Crippen molar-refractivity contribution in [3.05, 3.63) is 35.6 Å². The number of hydrogen-bond acceptors (Lipinski definition) is 2. The summed E-state index contributed by atoms with van der Waals surface area (Å²) in [4.78, 5) is 18.3. The van der Waals surface area contributed by atoms with Crippen LogP contribution < -0.4 is 10.6 Å². The Balaban J connectivity index is 1.91. The third-order valence-electron chi connectivity index (χ3n) is 4.86. The Morgan fingerprint density at radius 3 is 2.69 bits per heavy atom. The number of likely N-dealkylation sites (tertiary alicyclic amines) is 1. The van der Waals surface area contributed by atoms with Gasteiger partial charge in [0.1, 0.15) is 5.82 Å². The van der Waals surface area contributed by atoms with Gasteiger partial charge in [0.2, 0.25) is 5.91 Å². The van der Waals surface area contributed by atoms with Gasteiger partial charge in [0.25, 0.3) is 0 Å². The van der Waals surface area contributed by atoms with Crippen molar-refractivity contribution < 1.29 is 9.18 Å². The zero-order valence-electron chi connectivity index (χ0n) is 16.5. The highest BCUT2D eigenvalue weighted by atomic mass is 19.1. The number of guanidine groups is 1. The van der Waals surface area contributed by atoms with Crippen LogP contribution in [0.25, 0.3) is 0 Å². The fourth-order valence-corrected chi connectivity index (χ4v) is 3.24. The quantitative estimate of drug-likeness (QED) is 0.625. The maximum Gasteiger partial charge on any atom is 0.225 e. The summed E-state index contributed by atoms with van der Waals surface area (Å²) in [6.07, 6.45) is 0.899. The van der Waals surface area contributed by atoms with E-state index in [1.807, 2.05) is 44.7 Å². The van der Waals surface area contributed by atoms with E-state index in [1.54, 1.807) is 13.1 Å². The summed E-state index contributed by atoms with van der Waals surface area (Å²) in [5, 5.41) is 6.68. The molecule has 0 aromatic heterocycles. The van der Waals surface area contributed by atoms with Crippen LogP contribution in [0.2, 0.25) is 0 Å². The molecule has 0 bridgehead atoms. The number of amides is 1. The van der Waals surface area contributed by atoms with Gasteiger partial charge in [-0.05, 0) is 18.1 Å². The SMILES string of the molecule is CN=C(NCC(C)(C)c1ccccc1F)NC1CCN(C(=O)C(C)C)C1. The number of nitrogens with zero attached hydrogens (tertiary/aromatic N) is 2. The summed E-state index contributed by atoms with van der Waals surface area (Å²) < 4.78 is 14.1. The molecule has 1 aliphatic rings. The number of aliphatic imine (C=N–C) groups is 1. The molecular weight excluding hydrogens is 331 g/mol. The molecule has 1 aromatic carbocycles. The smallest absolute Gasteiger partial charge is 0.225 e. The second kappa shape index (κ2) is 8.52. The van der Waals surface area contributed by atoms with Gasteiger partial charge in [-0.3, -0.25) is 9.79 Å². The van der Waals surface area contributed by atoms with Crippen molar-refractivity contribution >= 4 is 11.9 Å². The molecule has 2 N–H and O–H groups in total. The molecule has 0 spiro atoms. The number of carbonyl (C=O) groups is 1. The second-order valence-electron chi connectivity index (χ2n) is 7.86. The third kappa shape index (κ3) is 4.96. The lowest BCUT2D eigenvalue weighted by atomic mass is 9.84. The molecule has 1 fully saturated rings. The molecule has 1 atom stereocenters. The van der Waals surface area contributed by atoms with Crippen molar-refractivity contribution in [2.45, 2.75) is 45.6 Å². The van der Waals surface area contributed by atoms with Crippen molar-refractivity contribution in [1.82, 2.24) is 15.5 Å². The molecule has 0 aliphatic carbocycles. The summed E-state index contributed by atoms with van der Waals surface area (Å²) in [6, 6.07) is 7.04. The standard InChI is InChI=1S/C20H31FN4O/c1-14(2)18(26)25-11-10-15(12-25)24-19(22-5)23-13-20(3,4)16-8-6-7-9-17(16)21/h6-9,14-15H,10-13H2,1-5H3,(H2,22,23,24). The summed E-state index contributed by atoms with van der Waals surface area (Å²) in [5.74, 6) is 0.699. The summed E-state index contributed by atoms with van der Waals surface area (Å²) in [6.45, 7) is 9.87. The molecule has 1 unspecified atom stereocenters. The molecule has 1 saturated heterocycles. The number of rotatable bonds is 5. The van der Waals surface area contributed by atoms with Gasteiger partial charge in [-0.25, -0.2) is 4.39 Å². The van der Waals surface area contributed by atoms with Crippen LogP contribution in [0.15, 0.2) is 29.3 Å². The van der Waals surface area contributed by atoms with E-state index in [0.29, 0.717) is 24.6 Å². The van der Waals surface area contributed by atoms with Crippen molar-refractivity contribution in [2.75, 3.05) is 26.7 Å². The number of benzene rings is 1. The van der Waals surface area contributed by atoms with Crippen molar-refractivity contribution in [2.24, 2.45) is 10.9 Å². The van der Waals surface area contributed by atoms with E-state index in [-0.39, 0.29) is 29.1 Å². The van der Waals surface area contributed by atoms with Crippen LogP contribution in [0.4, 0.5) is 4.39 Å². The molecule has 144 valence electrons. The second-order valence-corrected chi connectivity index (χ2v) is 7.86. The van der Waals surface area contributed by atoms with Gasteiger partial charge >= 0.3 is 0 Å². The van der Waals surface area contributed by atoms with E-state index in [0.717, 1.165) is 13.0 Å². The van der Waals surface area contributed by atoms with Crippen molar-refractivity contribution in [1.29, 1.82) is 0 Å². The average molecular weight is 362 g/mol. The van der Waals surface area contributed by atoms with Crippen LogP contribution in [0.1, 0.15) is 39.7 Å². The molecule has 5 nitrogen and oxygen atoms in total. The van der Waals surface area contributed by atoms with E-state index >= 15 is 0 Å². The topological polar surface area (TPSA) is 56.7 Å². The lowest BCUT2D eigenvalue weighted by Crippen LogP contribution is -2.48. The van der Waals surface area contributed by atoms with Crippen LogP contribution >= 0.6 is 0 Å².